The van der Waals surface area contributed by atoms with Gasteiger partial charge in [0.15, 0.2) is 10.0 Å². The van der Waals surface area contributed by atoms with E-state index in [1.54, 1.807) is 9.80 Å². The van der Waals surface area contributed by atoms with Gasteiger partial charge in [-0.3, -0.25) is 24.3 Å². The van der Waals surface area contributed by atoms with Crippen molar-refractivity contribution in [2.45, 2.75) is 37.8 Å². The van der Waals surface area contributed by atoms with Gasteiger partial charge in [0, 0.05) is 30.0 Å². The number of para-hydroxylation sites is 2. The molecule has 7 aromatic rings. The summed E-state index contributed by atoms with van der Waals surface area (Å²) in [6, 6.07) is 31.0. The number of hydrogen-bond acceptors (Lipinski definition) is 9. The second kappa shape index (κ2) is 14.5. The van der Waals surface area contributed by atoms with E-state index in [2.05, 4.69) is 30.8 Å². The summed E-state index contributed by atoms with van der Waals surface area (Å²) in [6.07, 6.45) is 2.69. The molecule has 274 valence electrons. The maximum absolute atomic E-state index is 13.3. The molecule has 12 nitrogen and oxygen atoms in total. The molecule has 2 aliphatic rings. The van der Waals surface area contributed by atoms with E-state index in [1.807, 2.05) is 103 Å². The Morgan fingerprint density at radius 3 is 1.58 bits per heavy atom. The molecule has 9 rings (SSSR count). The number of benzene rings is 4. The molecular formula is C41H34N8O4S2. The topological polar surface area (TPSA) is 153 Å². The van der Waals surface area contributed by atoms with Gasteiger partial charge in [0.2, 0.25) is 11.8 Å². The Kier molecular flexibility index (Phi) is 9.12. The van der Waals surface area contributed by atoms with E-state index in [9.17, 15) is 19.2 Å². The van der Waals surface area contributed by atoms with E-state index in [0.717, 1.165) is 55.8 Å². The minimum atomic E-state index is -0.565. The SMILES string of the molecule is O=C(Nc1ccc(-c2cc(-c3ccc(NC(=O)C4CCCN4C(=O)c4nc5ccccc5s4)cc3)[nH]n2)cc1)C1CCCN1C(=O)c1nc2ccccc2s1. The molecule has 3 N–H and O–H groups in total. The molecule has 55 heavy (non-hydrogen) atoms. The number of anilines is 2. The number of carbonyl (C=O) groups is 4. The largest absolute Gasteiger partial charge is 0.325 e. The fourth-order valence-electron chi connectivity index (χ4n) is 7.26. The molecule has 4 aromatic carbocycles. The number of nitrogens with one attached hydrogen (secondary N) is 3. The minimum Gasteiger partial charge on any atom is -0.325 e. The smallest absolute Gasteiger partial charge is 0.283 e. The van der Waals surface area contributed by atoms with Gasteiger partial charge in [-0.15, -0.1) is 22.7 Å². The van der Waals surface area contributed by atoms with Crippen molar-refractivity contribution >= 4 is 78.1 Å². The maximum atomic E-state index is 13.3. The summed E-state index contributed by atoms with van der Waals surface area (Å²) in [5.41, 5.74) is 6.10. The Hall–Kier alpha value is -6.25. The highest BCUT2D eigenvalue weighted by atomic mass is 32.1. The van der Waals surface area contributed by atoms with Crippen LogP contribution in [0.5, 0.6) is 0 Å². The van der Waals surface area contributed by atoms with E-state index in [-0.39, 0.29) is 23.6 Å². The lowest BCUT2D eigenvalue weighted by atomic mass is 10.1. The molecule has 0 bridgehead atoms. The number of nitrogens with zero attached hydrogens (tertiary/aromatic N) is 5. The Morgan fingerprint density at radius 2 is 1.09 bits per heavy atom. The number of rotatable bonds is 8. The highest BCUT2D eigenvalue weighted by Gasteiger charge is 2.37. The van der Waals surface area contributed by atoms with Gasteiger partial charge in [-0.2, -0.15) is 5.10 Å². The first-order valence-electron chi connectivity index (χ1n) is 18.1. The molecule has 2 atom stereocenters. The fourth-order valence-corrected chi connectivity index (χ4v) is 9.11. The Bertz CT molecular complexity index is 2340. The number of aromatic nitrogens is 4. The van der Waals surface area contributed by atoms with Crippen molar-refractivity contribution in [1.82, 2.24) is 30.0 Å². The van der Waals surface area contributed by atoms with Gasteiger partial charge in [0.05, 0.1) is 31.8 Å². The normalized spacial score (nSPS) is 16.9. The number of amides is 4. The molecule has 2 saturated heterocycles. The van der Waals surface area contributed by atoms with Crippen LogP contribution >= 0.6 is 22.7 Å². The van der Waals surface area contributed by atoms with Gasteiger partial charge in [-0.05, 0) is 85.8 Å². The summed E-state index contributed by atoms with van der Waals surface area (Å²) >= 11 is 2.69. The van der Waals surface area contributed by atoms with E-state index in [0.29, 0.717) is 47.3 Å². The van der Waals surface area contributed by atoms with E-state index in [1.165, 1.54) is 22.7 Å². The van der Waals surface area contributed by atoms with Crippen LogP contribution in [0.2, 0.25) is 0 Å². The summed E-state index contributed by atoms with van der Waals surface area (Å²) in [7, 11) is 0. The summed E-state index contributed by atoms with van der Waals surface area (Å²) < 4.78 is 1.89. The first-order valence-corrected chi connectivity index (χ1v) is 19.7. The van der Waals surface area contributed by atoms with Gasteiger partial charge in [-0.1, -0.05) is 48.5 Å². The van der Waals surface area contributed by atoms with E-state index in [4.69, 9.17) is 0 Å². The van der Waals surface area contributed by atoms with Gasteiger partial charge in [-0.25, -0.2) is 9.97 Å². The Balaban J connectivity index is 0.808. The minimum absolute atomic E-state index is 0.214. The van der Waals surface area contributed by atoms with Crippen LogP contribution in [0.1, 0.15) is 45.3 Å². The number of aromatic amines is 1. The monoisotopic (exact) mass is 766 g/mol. The molecule has 3 aromatic heterocycles. The molecular weight excluding hydrogens is 733 g/mol. The third-order valence-corrected chi connectivity index (χ3v) is 12.1. The zero-order valence-corrected chi connectivity index (χ0v) is 31.0. The predicted molar refractivity (Wildman–Crippen MR) is 214 cm³/mol. The third kappa shape index (κ3) is 6.85. The second-order valence-corrected chi connectivity index (χ2v) is 15.6. The molecule has 0 radical (unpaired) electrons. The average molecular weight is 767 g/mol. The van der Waals surface area contributed by atoms with Crippen molar-refractivity contribution in [3.8, 4) is 22.5 Å². The molecule has 5 heterocycles. The highest BCUT2D eigenvalue weighted by molar-refractivity contribution is 7.20. The first-order chi connectivity index (χ1) is 26.9. The van der Waals surface area contributed by atoms with Gasteiger partial charge in [0.1, 0.15) is 12.1 Å². The van der Waals surface area contributed by atoms with Crippen LogP contribution in [0.15, 0.2) is 103 Å². The standard InChI is InChI=1S/C41H34N8O4S2/c50-36(32-9-5-21-48(32)40(52)38-44-28-7-1-3-11-34(28)54-38)42-26-17-13-24(14-18-26)30-23-31(47-46-30)25-15-19-27(20-16-25)43-37(51)33-10-6-22-49(33)41(53)39-45-29-8-2-4-12-35(29)55-39/h1-4,7-8,11-20,23,32-33H,5-6,9-10,21-22H2,(H,42,50)(H,43,51)(H,46,47). The molecule has 0 aliphatic carbocycles. The summed E-state index contributed by atoms with van der Waals surface area (Å²) in [5, 5.41) is 14.4. The molecule has 14 heteroatoms. The third-order valence-electron chi connectivity index (χ3n) is 10.1. The molecule has 0 saturated carbocycles. The van der Waals surface area contributed by atoms with Crippen LogP contribution in [-0.4, -0.2) is 78.8 Å². The van der Waals surface area contributed by atoms with E-state index >= 15 is 0 Å². The quantitative estimate of drug-likeness (QED) is 0.145. The Labute approximate surface area is 323 Å². The average Bonchev–Trinajstić information content (AvgIpc) is 4.07. The number of thiazole rings is 2. The molecule has 0 spiro atoms. The lowest BCUT2D eigenvalue weighted by Crippen LogP contribution is -2.43. The maximum Gasteiger partial charge on any atom is 0.283 e. The fraction of sp³-hybridized carbons (Fsp3) is 0.195. The highest BCUT2D eigenvalue weighted by Crippen LogP contribution is 2.30. The van der Waals surface area contributed by atoms with Crippen LogP contribution in [0.4, 0.5) is 11.4 Å². The Morgan fingerprint density at radius 1 is 0.618 bits per heavy atom. The van der Waals surface area contributed by atoms with Crippen LogP contribution in [0, 0.1) is 0 Å². The van der Waals surface area contributed by atoms with Crippen molar-refractivity contribution in [3.63, 3.8) is 0 Å². The molecule has 4 amide bonds. The number of fused-ring (bicyclic) bond motifs is 2. The number of H-pyrrole nitrogens is 1. The van der Waals surface area contributed by atoms with E-state index < -0.39 is 12.1 Å². The van der Waals surface area contributed by atoms with Crippen molar-refractivity contribution < 1.29 is 19.2 Å². The van der Waals surface area contributed by atoms with Crippen LogP contribution in [-0.2, 0) is 9.59 Å². The lowest BCUT2D eigenvalue weighted by molar-refractivity contribution is -0.120. The zero-order chi connectivity index (χ0) is 37.5. The predicted octanol–water partition coefficient (Wildman–Crippen LogP) is 7.45. The van der Waals surface area contributed by atoms with Gasteiger partial charge < -0.3 is 20.4 Å². The van der Waals surface area contributed by atoms with Gasteiger partial charge in [0.25, 0.3) is 11.8 Å². The van der Waals surface area contributed by atoms with Crippen molar-refractivity contribution in [2.75, 3.05) is 23.7 Å². The summed E-state index contributed by atoms with van der Waals surface area (Å²) in [6.45, 7) is 1.03. The summed E-state index contributed by atoms with van der Waals surface area (Å²) in [5.74, 6) is -0.871. The molecule has 2 fully saturated rings. The van der Waals surface area contributed by atoms with Gasteiger partial charge >= 0.3 is 0 Å². The molecule has 2 aliphatic heterocycles. The van der Waals surface area contributed by atoms with Crippen molar-refractivity contribution in [3.05, 3.63) is 113 Å². The van der Waals surface area contributed by atoms with Crippen LogP contribution in [0.3, 0.4) is 0 Å². The van der Waals surface area contributed by atoms with Crippen LogP contribution in [0.25, 0.3) is 42.9 Å². The van der Waals surface area contributed by atoms with Crippen molar-refractivity contribution in [2.24, 2.45) is 0 Å². The number of carbonyl (C=O) groups excluding carboxylic acids is 4. The first kappa shape index (κ1) is 34.5. The second-order valence-electron chi connectivity index (χ2n) is 13.6. The summed E-state index contributed by atoms with van der Waals surface area (Å²) in [4.78, 5) is 65.6. The number of hydrogen-bond donors (Lipinski definition) is 3. The lowest BCUT2D eigenvalue weighted by Gasteiger charge is -2.23. The van der Waals surface area contributed by atoms with Crippen molar-refractivity contribution in [1.29, 1.82) is 0 Å². The molecule has 2 unspecified atom stereocenters. The number of likely N-dealkylation sites (tertiary alicyclic amines) is 2. The zero-order valence-electron chi connectivity index (χ0n) is 29.4. The van der Waals surface area contributed by atoms with Crippen LogP contribution < -0.4 is 10.6 Å².